The second-order valence-electron chi connectivity index (χ2n) is 9.82. The van der Waals surface area contributed by atoms with Crippen LogP contribution in [0.1, 0.15) is 81.8 Å². The molecular formula is C30H43FO3. The summed E-state index contributed by atoms with van der Waals surface area (Å²) in [5, 5.41) is 0. The van der Waals surface area contributed by atoms with Gasteiger partial charge in [-0.25, -0.2) is 14.2 Å². The molecule has 0 heterocycles. The SMILES string of the molecule is CCCCCc1ccc(-c2ccc(C3CCC(C(CCOC)CCOOC)CC3)cc2F)cc1. The Morgan fingerprint density at radius 3 is 2.29 bits per heavy atom. The third-order valence-corrected chi connectivity index (χ3v) is 7.62. The molecule has 1 unspecified atom stereocenters. The highest BCUT2D eigenvalue weighted by Gasteiger charge is 2.28. The van der Waals surface area contributed by atoms with Crippen molar-refractivity contribution < 1.29 is 18.9 Å². The first-order chi connectivity index (χ1) is 16.7. The molecule has 1 atom stereocenters. The molecule has 2 aromatic carbocycles. The van der Waals surface area contributed by atoms with E-state index in [1.54, 1.807) is 20.3 Å². The predicted octanol–water partition coefficient (Wildman–Crippen LogP) is 8.12. The van der Waals surface area contributed by atoms with Crippen LogP contribution in [0.25, 0.3) is 11.1 Å². The van der Waals surface area contributed by atoms with Crippen LogP contribution in [0.3, 0.4) is 0 Å². The van der Waals surface area contributed by atoms with E-state index in [2.05, 4.69) is 37.3 Å². The predicted molar refractivity (Wildman–Crippen MR) is 137 cm³/mol. The van der Waals surface area contributed by atoms with Crippen LogP contribution in [0.15, 0.2) is 42.5 Å². The van der Waals surface area contributed by atoms with Gasteiger partial charge in [0.05, 0.1) is 13.7 Å². The molecule has 1 aliphatic rings. The highest BCUT2D eigenvalue weighted by atomic mass is 19.1. The standard InChI is InChI=1S/C30H43FO3/c1-4-5-6-7-23-8-10-27(11-9-23)29-17-16-28(22-30(29)31)25-14-12-24(13-15-25)26(18-20-32-2)19-21-34-33-3/h8-11,16-17,22,24-26H,4-7,12-15,18-21H2,1-3H3. The number of halogens is 1. The van der Waals surface area contributed by atoms with Crippen molar-refractivity contribution in [2.24, 2.45) is 11.8 Å². The molecule has 188 valence electrons. The zero-order valence-electron chi connectivity index (χ0n) is 21.4. The van der Waals surface area contributed by atoms with Crippen LogP contribution in [-0.2, 0) is 20.9 Å². The number of methoxy groups -OCH3 is 1. The van der Waals surface area contributed by atoms with E-state index < -0.39 is 0 Å². The molecule has 0 aromatic heterocycles. The Kier molecular flexibility index (Phi) is 11.5. The summed E-state index contributed by atoms with van der Waals surface area (Å²) in [6.07, 6.45) is 11.4. The summed E-state index contributed by atoms with van der Waals surface area (Å²) in [6, 6.07) is 14.3. The second-order valence-corrected chi connectivity index (χ2v) is 9.82. The van der Waals surface area contributed by atoms with Gasteiger partial charge in [-0.15, -0.1) is 0 Å². The first-order valence-electron chi connectivity index (χ1n) is 13.2. The molecule has 34 heavy (non-hydrogen) atoms. The number of aryl methyl sites for hydroxylation is 1. The summed E-state index contributed by atoms with van der Waals surface area (Å²) in [4.78, 5) is 9.90. The molecule has 0 spiro atoms. The van der Waals surface area contributed by atoms with E-state index >= 15 is 4.39 Å². The zero-order chi connectivity index (χ0) is 24.2. The minimum absolute atomic E-state index is 0.104. The minimum Gasteiger partial charge on any atom is -0.385 e. The maximum absolute atomic E-state index is 15.1. The number of ether oxygens (including phenoxy) is 1. The van der Waals surface area contributed by atoms with Crippen molar-refractivity contribution in [1.82, 2.24) is 0 Å². The molecule has 0 N–H and O–H groups in total. The van der Waals surface area contributed by atoms with E-state index in [1.807, 2.05) is 6.07 Å². The summed E-state index contributed by atoms with van der Waals surface area (Å²) in [5.74, 6) is 1.60. The van der Waals surface area contributed by atoms with E-state index in [9.17, 15) is 0 Å². The van der Waals surface area contributed by atoms with Crippen molar-refractivity contribution in [3.63, 3.8) is 0 Å². The van der Waals surface area contributed by atoms with Gasteiger partial charge in [0.2, 0.25) is 0 Å². The second kappa shape index (κ2) is 14.6. The quantitative estimate of drug-likeness (QED) is 0.158. The summed E-state index contributed by atoms with van der Waals surface area (Å²) in [6.45, 7) is 3.63. The molecule has 3 nitrogen and oxygen atoms in total. The van der Waals surface area contributed by atoms with Crippen LogP contribution in [0.2, 0.25) is 0 Å². The van der Waals surface area contributed by atoms with Crippen molar-refractivity contribution in [2.45, 2.75) is 77.0 Å². The van der Waals surface area contributed by atoms with Gasteiger partial charge in [0, 0.05) is 19.3 Å². The van der Waals surface area contributed by atoms with E-state index in [4.69, 9.17) is 14.5 Å². The van der Waals surface area contributed by atoms with E-state index in [0.29, 0.717) is 29.9 Å². The first kappa shape index (κ1) is 26.8. The van der Waals surface area contributed by atoms with Gasteiger partial charge in [-0.1, -0.05) is 56.2 Å². The monoisotopic (exact) mass is 470 g/mol. The maximum Gasteiger partial charge on any atom is 0.131 e. The highest BCUT2D eigenvalue weighted by molar-refractivity contribution is 5.65. The Labute approximate surface area is 205 Å². The Balaban J connectivity index is 1.57. The van der Waals surface area contributed by atoms with Gasteiger partial charge in [0.15, 0.2) is 0 Å². The normalized spacial score (nSPS) is 19.3. The molecule has 0 saturated heterocycles. The van der Waals surface area contributed by atoms with Gasteiger partial charge in [-0.3, -0.25) is 0 Å². The zero-order valence-corrected chi connectivity index (χ0v) is 21.4. The number of rotatable bonds is 14. The van der Waals surface area contributed by atoms with Crippen LogP contribution in [0.4, 0.5) is 4.39 Å². The topological polar surface area (TPSA) is 27.7 Å². The summed E-state index contributed by atoms with van der Waals surface area (Å²) < 4.78 is 20.5. The molecule has 2 aromatic rings. The van der Waals surface area contributed by atoms with E-state index in [0.717, 1.165) is 49.8 Å². The fraction of sp³-hybridized carbons (Fsp3) is 0.600. The van der Waals surface area contributed by atoms with Crippen LogP contribution < -0.4 is 0 Å². The number of hydrogen-bond acceptors (Lipinski definition) is 3. The highest BCUT2D eigenvalue weighted by Crippen LogP contribution is 2.41. The lowest BCUT2D eigenvalue weighted by Gasteiger charge is -2.34. The molecule has 1 fully saturated rings. The van der Waals surface area contributed by atoms with Gasteiger partial charge in [-0.05, 0) is 91.9 Å². The van der Waals surface area contributed by atoms with Crippen LogP contribution in [0, 0.1) is 17.7 Å². The largest absolute Gasteiger partial charge is 0.385 e. The number of unbranched alkanes of at least 4 members (excludes halogenated alkanes) is 2. The minimum atomic E-state index is -0.104. The van der Waals surface area contributed by atoms with Crippen LogP contribution in [0.5, 0.6) is 0 Å². The maximum atomic E-state index is 15.1. The number of benzene rings is 2. The Hall–Kier alpha value is -1.75. The molecule has 0 bridgehead atoms. The molecule has 4 heteroatoms. The third kappa shape index (κ3) is 7.90. The molecular weight excluding hydrogens is 427 g/mol. The Bertz CT molecular complexity index is 827. The molecule has 0 aliphatic heterocycles. The smallest absolute Gasteiger partial charge is 0.131 e. The average Bonchev–Trinajstić information content (AvgIpc) is 2.87. The van der Waals surface area contributed by atoms with Crippen LogP contribution >= 0.6 is 0 Å². The van der Waals surface area contributed by atoms with Gasteiger partial charge < -0.3 is 4.74 Å². The molecule has 0 amide bonds. The van der Waals surface area contributed by atoms with Crippen molar-refractivity contribution in [3.05, 3.63) is 59.4 Å². The number of hydrogen-bond donors (Lipinski definition) is 0. The van der Waals surface area contributed by atoms with Crippen molar-refractivity contribution in [1.29, 1.82) is 0 Å². The third-order valence-electron chi connectivity index (χ3n) is 7.62. The van der Waals surface area contributed by atoms with Crippen LogP contribution in [-0.4, -0.2) is 27.4 Å². The van der Waals surface area contributed by atoms with Gasteiger partial charge >= 0.3 is 0 Å². The summed E-state index contributed by atoms with van der Waals surface area (Å²) in [5.41, 5.74) is 4.15. The van der Waals surface area contributed by atoms with Crippen molar-refractivity contribution in [2.75, 3.05) is 27.4 Å². The van der Waals surface area contributed by atoms with E-state index in [1.165, 1.54) is 37.7 Å². The Morgan fingerprint density at radius 1 is 0.912 bits per heavy atom. The van der Waals surface area contributed by atoms with Crippen molar-refractivity contribution >= 4 is 0 Å². The van der Waals surface area contributed by atoms with Gasteiger partial charge in [-0.2, -0.15) is 0 Å². The fourth-order valence-electron chi connectivity index (χ4n) is 5.54. The lowest BCUT2D eigenvalue weighted by molar-refractivity contribution is -0.274. The summed E-state index contributed by atoms with van der Waals surface area (Å²) >= 11 is 0. The van der Waals surface area contributed by atoms with Gasteiger partial charge in [0.1, 0.15) is 5.82 Å². The lowest BCUT2D eigenvalue weighted by atomic mass is 9.72. The lowest BCUT2D eigenvalue weighted by Crippen LogP contribution is -2.23. The molecule has 1 aliphatic carbocycles. The van der Waals surface area contributed by atoms with E-state index in [-0.39, 0.29) is 5.82 Å². The molecule has 0 radical (unpaired) electrons. The fourth-order valence-corrected chi connectivity index (χ4v) is 5.54. The van der Waals surface area contributed by atoms with Gasteiger partial charge in [0.25, 0.3) is 0 Å². The molecule has 3 rings (SSSR count). The Morgan fingerprint density at radius 2 is 1.65 bits per heavy atom. The first-order valence-corrected chi connectivity index (χ1v) is 13.2. The molecule has 1 saturated carbocycles. The summed E-state index contributed by atoms with van der Waals surface area (Å²) in [7, 11) is 3.32. The average molecular weight is 471 g/mol. The van der Waals surface area contributed by atoms with Crippen molar-refractivity contribution in [3.8, 4) is 11.1 Å².